The summed E-state index contributed by atoms with van der Waals surface area (Å²) in [6.45, 7) is 2.77. The third kappa shape index (κ3) is 4.80. The molecule has 8 nitrogen and oxygen atoms in total. The number of nitrogens with one attached hydrogen (secondary N) is 1. The number of carbonyl (C=O) groups excluding carboxylic acids is 1. The predicted octanol–water partition coefficient (Wildman–Crippen LogP) is 3.99. The molecule has 0 atom stereocenters. The van der Waals surface area contributed by atoms with Crippen LogP contribution in [-0.4, -0.2) is 43.0 Å². The van der Waals surface area contributed by atoms with Crippen molar-refractivity contribution in [1.82, 2.24) is 5.06 Å². The molecule has 2 aliphatic rings. The van der Waals surface area contributed by atoms with E-state index in [0.29, 0.717) is 30.6 Å². The van der Waals surface area contributed by atoms with Gasteiger partial charge in [0.1, 0.15) is 23.0 Å². The van der Waals surface area contributed by atoms with Gasteiger partial charge in [0, 0.05) is 18.6 Å². The molecule has 0 spiro atoms. The van der Waals surface area contributed by atoms with Crippen molar-refractivity contribution in [2.75, 3.05) is 20.3 Å². The summed E-state index contributed by atoms with van der Waals surface area (Å²) in [6, 6.07) is 14.7. The van der Waals surface area contributed by atoms with Gasteiger partial charge in [-0.05, 0) is 42.8 Å². The van der Waals surface area contributed by atoms with Gasteiger partial charge in [0.25, 0.3) is 5.91 Å². The number of methoxy groups -OCH3 is 1. The van der Waals surface area contributed by atoms with Crippen LogP contribution in [0.2, 0.25) is 0 Å². The molecule has 0 fully saturated rings. The summed E-state index contributed by atoms with van der Waals surface area (Å²) in [4.78, 5) is 21.7. The molecule has 0 radical (unpaired) electrons. The second-order valence-electron chi connectivity index (χ2n) is 7.12. The van der Waals surface area contributed by atoms with Crippen LogP contribution in [0.1, 0.15) is 18.9 Å². The minimum Gasteiger partial charge on any atom is -0.497 e. The number of rotatable bonds is 8. The molecular weight excluding hydrogens is 410 g/mol. The summed E-state index contributed by atoms with van der Waals surface area (Å²) in [6.07, 6.45) is 3.96. The monoisotopic (exact) mass is 433 g/mol. The van der Waals surface area contributed by atoms with E-state index in [2.05, 4.69) is 4.99 Å². The SMILES string of the molecule is COc1cccc(OCCCOc2ccc(/C=C3\C(=N)N4OC(C)=CC4=NC3=O)cc2)c1. The molecule has 4 rings (SSSR count). The molecule has 1 amide bonds. The van der Waals surface area contributed by atoms with Gasteiger partial charge in [-0.2, -0.15) is 4.99 Å². The number of nitrogens with zero attached hydrogens (tertiary/aromatic N) is 2. The van der Waals surface area contributed by atoms with Gasteiger partial charge in [0.15, 0.2) is 11.7 Å². The number of carbonyl (C=O) groups is 1. The van der Waals surface area contributed by atoms with E-state index in [1.165, 1.54) is 5.06 Å². The molecule has 164 valence electrons. The van der Waals surface area contributed by atoms with E-state index >= 15 is 0 Å². The molecule has 0 saturated carbocycles. The Balaban J connectivity index is 1.28. The van der Waals surface area contributed by atoms with Gasteiger partial charge in [-0.25, -0.2) is 0 Å². The highest BCUT2D eigenvalue weighted by Gasteiger charge is 2.34. The first-order chi connectivity index (χ1) is 15.5. The lowest BCUT2D eigenvalue weighted by molar-refractivity contribution is -0.114. The molecule has 2 aromatic rings. The Labute approximate surface area is 185 Å². The fourth-order valence-corrected chi connectivity index (χ4v) is 3.16. The number of ether oxygens (including phenoxy) is 3. The van der Waals surface area contributed by atoms with E-state index in [0.717, 1.165) is 23.5 Å². The van der Waals surface area contributed by atoms with Crippen LogP contribution in [0, 0.1) is 5.41 Å². The molecule has 0 aliphatic carbocycles. The summed E-state index contributed by atoms with van der Waals surface area (Å²) in [5.41, 5.74) is 0.926. The fourth-order valence-electron chi connectivity index (χ4n) is 3.16. The molecule has 0 saturated heterocycles. The first-order valence-electron chi connectivity index (χ1n) is 10.1. The zero-order valence-electron chi connectivity index (χ0n) is 17.8. The lowest BCUT2D eigenvalue weighted by Crippen LogP contribution is -2.38. The minimum atomic E-state index is -0.466. The van der Waals surface area contributed by atoms with Crippen LogP contribution in [0.5, 0.6) is 17.2 Å². The number of aliphatic imine (C=N–C) groups is 1. The largest absolute Gasteiger partial charge is 0.497 e. The molecule has 1 N–H and O–H groups in total. The minimum absolute atomic E-state index is 0.0375. The maximum Gasteiger partial charge on any atom is 0.282 e. The van der Waals surface area contributed by atoms with Crippen LogP contribution in [0.15, 0.2) is 70.9 Å². The number of hydrogen-bond donors (Lipinski definition) is 1. The van der Waals surface area contributed by atoms with Crippen molar-refractivity contribution in [2.24, 2.45) is 4.99 Å². The maximum absolute atomic E-state index is 12.3. The number of amides is 1. The van der Waals surface area contributed by atoms with E-state index in [4.69, 9.17) is 24.5 Å². The Morgan fingerprint density at radius 2 is 1.78 bits per heavy atom. The Morgan fingerprint density at radius 3 is 2.53 bits per heavy atom. The molecule has 2 heterocycles. The Hall–Kier alpha value is -4.07. The Morgan fingerprint density at radius 1 is 1.06 bits per heavy atom. The number of amidine groups is 2. The van der Waals surface area contributed by atoms with E-state index in [9.17, 15) is 4.79 Å². The third-order valence-electron chi connectivity index (χ3n) is 4.74. The topological polar surface area (TPSA) is 93.4 Å². The summed E-state index contributed by atoms with van der Waals surface area (Å²) in [5.74, 6) is 2.63. The summed E-state index contributed by atoms with van der Waals surface area (Å²) in [5, 5.41) is 9.50. The number of hydrogen-bond acceptors (Lipinski definition) is 6. The molecule has 32 heavy (non-hydrogen) atoms. The van der Waals surface area contributed by atoms with E-state index in [1.54, 1.807) is 26.2 Å². The molecule has 2 aliphatic heterocycles. The quantitative estimate of drug-likeness (QED) is 0.500. The second kappa shape index (κ2) is 9.38. The van der Waals surface area contributed by atoms with Crippen LogP contribution in [0.25, 0.3) is 6.08 Å². The standard InChI is InChI=1S/C24H23N3O5/c1-16-13-22-26-24(28)21(23(25)27(22)32-16)14-17-7-9-18(10-8-17)30-11-4-12-31-20-6-3-5-19(15-20)29-2/h3,5-10,13-15,25H,4,11-12H2,1-2H3/b21-14+,25-23?. The van der Waals surface area contributed by atoms with Crippen molar-refractivity contribution in [3.8, 4) is 17.2 Å². The van der Waals surface area contributed by atoms with Crippen LogP contribution < -0.4 is 14.2 Å². The Bertz CT molecular complexity index is 1120. The molecule has 0 aromatic heterocycles. The van der Waals surface area contributed by atoms with Gasteiger partial charge in [0.2, 0.25) is 0 Å². The van der Waals surface area contributed by atoms with E-state index in [-0.39, 0.29) is 11.4 Å². The number of allylic oxidation sites excluding steroid dienone is 1. The summed E-state index contributed by atoms with van der Waals surface area (Å²) >= 11 is 0. The van der Waals surface area contributed by atoms with Crippen molar-refractivity contribution in [2.45, 2.75) is 13.3 Å². The van der Waals surface area contributed by atoms with Gasteiger partial charge in [-0.15, -0.1) is 5.06 Å². The average molecular weight is 433 g/mol. The van der Waals surface area contributed by atoms with Gasteiger partial charge < -0.3 is 19.0 Å². The van der Waals surface area contributed by atoms with Gasteiger partial charge in [0.05, 0.1) is 25.9 Å². The van der Waals surface area contributed by atoms with Crippen molar-refractivity contribution >= 4 is 23.7 Å². The average Bonchev–Trinajstić information content (AvgIpc) is 3.17. The molecular formula is C24H23N3O5. The second-order valence-corrected chi connectivity index (χ2v) is 7.12. The maximum atomic E-state index is 12.3. The predicted molar refractivity (Wildman–Crippen MR) is 120 cm³/mol. The highest BCUT2D eigenvalue weighted by Crippen LogP contribution is 2.24. The lowest BCUT2D eigenvalue weighted by atomic mass is 10.1. The van der Waals surface area contributed by atoms with Crippen LogP contribution in [0.4, 0.5) is 0 Å². The van der Waals surface area contributed by atoms with E-state index in [1.807, 2.05) is 48.5 Å². The van der Waals surface area contributed by atoms with Crippen molar-refractivity contribution in [3.63, 3.8) is 0 Å². The van der Waals surface area contributed by atoms with Crippen molar-refractivity contribution < 1.29 is 23.8 Å². The number of hydroxylamine groups is 2. The molecule has 2 aromatic carbocycles. The van der Waals surface area contributed by atoms with Gasteiger partial charge >= 0.3 is 0 Å². The van der Waals surface area contributed by atoms with Crippen LogP contribution in [0.3, 0.4) is 0 Å². The number of benzene rings is 2. The van der Waals surface area contributed by atoms with Crippen molar-refractivity contribution in [1.29, 1.82) is 5.41 Å². The van der Waals surface area contributed by atoms with Gasteiger partial charge in [-0.1, -0.05) is 18.2 Å². The third-order valence-corrected chi connectivity index (χ3v) is 4.74. The van der Waals surface area contributed by atoms with E-state index < -0.39 is 5.91 Å². The normalized spacial score (nSPS) is 16.3. The molecule has 8 heteroatoms. The zero-order valence-corrected chi connectivity index (χ0v) is 17.8. The smallest absolute Gasteiger partial charge is 0.282 e. The highest BCUT2D eigenvalue weighted by atomic mass is 16.7. The summed E-state index contributed by atoms with van der Waals surface area (Å²) < 4.78 is 16.6. The zero-order chi connectivity index (χ0) is 22.5. The van der Waals surface area contributed by atoms with Gasteiger partial charge in [-0.3, -0.25) is 10.2 Å². The van der Waals surface area contributed by atoms with Crippen molar-refractivity contribution in [3.05, 3.63) is 71.5 Å². The summed E-state index contributed by atoms with van der Waals surface area (Å²) in [7, 11) is 1.62. The fraction of sp³-hybridized carbons (Fsp3) is 0.208. The first kappa shape index (κ1) is 21.2. The Kier molecular flexibility index (Phi) is 6.21. The molecule has 0 bridgehead atoms. The van der Waals surface area contributed by atoms with Crippen LogP contribution >= 0.6 is 0 Å². The number of fused-ring (bicyclic) bond motifs is 1. The van der Waals surface area contributed by atoms with Crippen LogP contribution in [-0.2, 0) is 9.63 Å². The molecule has 0 unspecified atom stereocenters. The lowest BCUT2D eigenvalue weighted by Gasteiger charge is -2.22. The first-order valence-corrected chi connectivity index (χ1v) is 10.1. The highest BCUT2D eigenvalue weighted by molar-refractivity contribution is 6.32.